The monoisotopic (exact) mass is 607 g/mol. The predicted molar refractivity (Wildman–Crippen MR) is 171 cm³/mol. The van der Waals surface area contributed by atoms with E-state index in [1.807, 2.05) is 55.4 Å². The van der Waals surface area contributed by atoms with E-state index in [4.69, 9.17) is 9.84 Å². The molecule has 3 aromatic carbocycles. The average molecular weight is 608 g/mol. The third-order valence-corrected chi connectivity index (χ3v) is 10.8. The van der Waals surface area contributed by atoms with Gasteiger partial charge < -0.3 is 19.8 Å². The lowest BCUT2D eigenvalue weighted by molar-refractivity contribution is 0.0127. The highest BCUT2D eigenvalue weighted by Crippen LogP contribution is 2.50. The Labute approximate surface area is 256 Å². The molecule has 2 N–H and O–H groups in total. The summed E-state index contributed by atoms with van der Waals surface area (Å²) in [4.78, 5) is 13.4. The van der Waals surface area contributed by atoms with Crippen LogP contribution in [0.2, 0.25) is 0 Å². The second-order valence-corrected chi connectivity index (χ2v) is 14.0. The molecule has 0 fully saturated rings. The number of rotatable bonds is 13. The quantitative estimate of drug-likeness (QED) is 0.222. The van der Waals surface area contributed by atoms with Crippen molar-refractivity contribution in [1.82, 2.24) is 0 Å². The van der Waals surface area contributed by atoms with Crippen LogP contribution in [0.4, 0.5) is 5.69 Å². The Morgan fingerprint density at radius 1 is 0.953 bits per heavy atom. The minimum absolute atomic E-state index is 0.0549. The van der Waals surface area contributed by atoms with E-state index in [9.17, 15) is 18.3 Å². The van der Waals surface area contributed by atoms with Crippen molar-refractivity contribution in [3.05, 3.63) is 89.0 Å². The summed E-state index contributed by atoms with van der Waals surface area (Å²) in [5, 5.41) is 21.4. The fraction of sp³-hybridized carbons (Fsp3) is 0.457. The SMILES string of the molecule is CCCCC1(CCCC)CS(=O)(=O)c2ccc(N(C)C)cc2[C@@H](c2ccc(OCCc3ccc(C(=O)O)cc3)cc2)[C@H]1O. The predicted octanol–water partition coefficient (Wildman–Crippen LogP) is 6.72. The number of benzene rings is 3. The van der Waals surface area contributed by atoms with Gasteiger partial charge in [0.25, 0.3) is 0 Å². The van der Waals surface area contributed by atoms with Crippen LogP contribution in [-0.4, -0.2) is 57.2 Å². The molecule has 0 radical (unpaired) electrons. The van der Waals surface area contributed by atoms with Gasteiger partial charge in [-0.3, -0.25) is 0 Å². The lowest BCUT2D eigenvalue weighted by Gasteiger charge is -2.40. The van der Waals surface area contributed by atoms with Crippen molar-refractivity contribution >= 4 is 21.5 Å². The zero-order valence-electron chi connectivity index (χ0n) is 25.8. The summed E-state index contributed by atoms with van der Waals surface area (Å²) >= 11 is 0. The van der Waals surface area contributed by atoms with E-state index in [1.54, 1.807) is 30.3 Å². The molecule has 7 nitrogen and oxygen atoms in total. The number of ether oxygens (including phenoxy) is 1. The highest BCUT2D eigenvalue weighted by molar-refractivity contribution is 7.91. The van der Waals surface area contributed by atoms with Crippen molar-refractivity contribution < 1.29 is 28.2 Å². The number of nitrogens with zero attached hydrogens (tertiary/aromatic N) is 1. The van der Waals surface area contributed by atoms with E-state index in [-0.39, 0.29) is 11.3 Å². The van der Waals surface area contributed by atoms with E-state index in [1.165, 1.54) is 0 Å². The van der Waals surface area contributed by atoms with Gasteiger partial charge in [-0.15, -0.1) is 0 Å². The Morgan fingerprint density at radius 2 is 1.58 bits per heavy atom. The van der Waals surface area contributed by atoms with Gasteiger partial charge in [-0.25, -0.2) is 13.2 Å². The third-order valence-electron chi connectivity index (χ3n) is 8.76. The topological polar surface area (TPSA) is 104 Å². The van der Waals surface area contributed by atoms with Crippen LogP contribution in [0.1, 0.15) is 85.3 Å². The molecule has 0 saturated carbocycles. The first-order valence-corrected chi connectivity index (χ1v) is 16.9. The van der Waals surface area contributed by atoms with E-state index >= 15 is 0 Å². The van der Waals surface area contributed by atoms with Crippen molar-refractivity contribution in [1.29, 1.82) is 0 Å². The van der Waals surface area contributed by atoms with Crippen LogP contribution in [0.25, 0.3) is 0 Å². The number of sulfone groups is 1. The molecule has 0 spiro atoms. The fourth-order valence-corrected chi connectivity index (χ4v) is 8.45. The van der Waals surface area contributed by atoms with Crippen LogP contribution < -0.4 is 9.64 Å². The smallest absolute Gasteiger partial charge is 0.335 e. The van der Waals surface area contributed by atoms with Gasteiger partial charge in [-0.05, 0) is 72.0 Å². The summed E-state index contributed by atoms with van der Waals surface area (Å²) in [6.07, 6.45) is 4.63. The lowest BCUT2D eigenvalue weighted by Crippen LogP contribution is -2.43. The van der Waals surface area contributed by atoms with E-state index in [0.717, 1.165) is 42.5 Å². The Bertz CT molecular complexity index is 1470. The molecule has 3 aromatic rings. The molecule has 4 rings (SSSR count). The van der Waals surface area contributed by atoms with Crippen molar-refractivity contribution in [2.24, 2.45) is 5.41 Å². The summed E-state index contributed by atoms with van der Waals surface area (Å²) in [6, 6.07) is 19.9. The maximum Gasteiger partial charge on any atom is 0.335 e. The number of hydrogen-bond donors (Lipinski definition) is 2. The molecular weight excluding hydrogens is 562 g/mol. The molecule has 0 bridgehead atoms. The Kier molecular flexibility index (Phi) is 10.6. The summed E-state index contributed by atoms with van der Waals surface area (Å²) < 4.78 is 34.0. The second kappa shape index (κ2) is 14.0. The molecule has 0 unspecified atom stereocenters. The first-order chi connectivity index (χ1) is 20.5. The first kappa shape index (κ1) is 32.6. The fourth-order valence-electron chi connectivity index (χ4n) is 6.26. The van der Waals surface area contributed by atoms with Crippen molar-refractivity contribution in [2.45, 2.75) is 75.7 Å². The number of anilines is 1. The molecule has 1 aliphatic rings. The Balaban J connectivity index is 1.68. The molecule has 0 saturated heterocycles. The molecule has 232 valence electrons. The maximum atomic E-state index is 14.0. The van der Waals surface area contributed by atoms with E-state index in [0.29, 0.717) is 42.1 Å². The number of carboxylic acid groups (broad SMARTS) is 1. The number of fused-ring (bicyclic) bond motifs is 1. The number of carbonyl (C=O) groups is 1. The highest BCUT2D eigenvalue weighted by Gasteiger charge is 2.49. The van der Waals surface area contributed by atoms with Crippen molar-refractivity contribution in [2.75, 3.05) is 31.4 Å². The van der Waals surface area contributed by atoms with Gasteiger partial charge in [-0.2, -0.15) is 0 Å². The van der Waals surface area contributed by atoms with Crippen molar-refractivity contribution in [3.63, 3.8) is 0 Å². The highest BCUT2D eigenvalue weighted by atomic mass is 32.2. The lowest BCUT2D eigenvalue weighted by atomic mass is 9.68. The summed E-state index contributed by atoms with van der Waals surface area (Å²) in [5.41, 5.74) is 2.87. The number of aromatic carboxylic acids is 1. The van der Waals surface area contributed by atoms with Crippen LogP contribution >= 0.6 is 0 Å². The standard InChI is InChI=1S/C35H45NO6S/c1-5-7-20-35(21-8-6-2)24-43(40,41)31-18-15-28(36(3)4)23-30(31)32(33(35)37)26-13-16-29(17-14-26)42-22-19-25-9-11-27(12-10-25)34(38)39/h9-18,23,32-33,37H,5-8,19-22,24H2,1-4H3,(H,38,39)/t32-,33-/m1/s1. The molecule has 1 heterocycles. The van der Waals surface area contributed by atoms with E-state index in [2.05, 4.69) is 13.8 Å². The molecule has 1 aliphatic heterocycles. The van der Waals surface area contributed by atoms with Gasteiger partial charge in [0.05, 0.1) is 28.9 Å². The normalized spacial score (nSPS) is 18.8. The van der Waals surface area contributed by atoms with Crippen LogP contribution in [0.15, 0.2) is 71.6 Å². The largest absolute Gasteiger partial charge is 0.493 e. The molecular formula is C35H45NO6S. The molecule has 43 heavy (non-hydrogen) atoms. The zero-order chi connectivity index (χ0) is 31.2. The summed E-state index contributed by atoms with van der Waals surface area (Å²) in [7, 11) is 0.204. The molecule has 0 aliphatic carbocycles. The van der Waals surface area contributed by atoms with Gasteiger partial charge in [0.15, 0.2) is 9.84 Å². The maximum absolute atomic E-state index is 14.0. The average Bonchev–Trinajstić information content (AvgIpc) is 3.06. The van der Waals surface area contributed by atoms with Gasteiger partial charge >= 0.3 is 5.97 Å². The van der Waals surface area contributed by atoms with Crippen LogP contribution in [0.5, 0.6) is 5.75 Å². The Morgan fingerprint density at radius 3 is 2.14 bits per heavy atom. The van der Waals surface area contributed by atoms with Gasteiger partial charge in [-0.1, -0.05) is 63.8 Å². The van der Waals surface area contributed by atoms with Crippen LogP contribution in [0, 0.1) is 5.41 Å². The van der Waals surface area contributed by atoms with Gasteiger partial charge in [0.2, 0.25) is 0 Å². The minimum atomic E-state index is -3.65. The number of hydrogen-bond acceptors (Lipinski definition) is 6. The van der Waals surface area contributed by atoms with Gasteiger partial charge in [0, 0.05) is 37.5 Å². The van der Waals surface area contributed by atoms with E-state index < -0.39 is 33.2 Å². The number of aliphatic hydroxyl groups excluding tert-OH is 1. The summed E-state index contributed by atoms with van der Waals surface area (Å²) in [6.45, 7) is 4.62. The number of carboxylic acids is 1. The third kappa shape index (κ3) is 7.42. The van der Waals surface area contributed by atoms with Crippen LogP contribution in [0.3, 0.4) is 0 Å². The second-order valence-electron chi connectivity index (χ2n) is 12.0. The zero-order valence-corrected chi connectivity index (χ0v) is 26.6. The summed E-state index contributed by atoms with van der Waals surface area (Å²) in [5.74, 6) is -0.844. The molecule has 8 heteroatoms. The van der Waals surface area contributed by atoms with Gasteiger partial charge in [0.1, 0.15) is 5.75 Å². The number of aliphatic hydroxyl groups is 1. The first-order valence-electron chi connectivity index (χ1n) is 15.3. The molecule has 2 atom stereocenters. The number of unbranched alkanes of at least 4 members (excludes halogenated alkanes) is 2. The Hall–Kier alpha value is -3.36. The minimum Gasteiger partial charge on any atom is -0.493 e. The van der Waals surface area contributed by atoms with Crippen molar-refractivity contribution in [3.8, 4) is 5.75 Å². The van der Waals surface area contributed by atoms with Crippen LogP contribution in [-0.2, 0) is 16.3 Å². The molecule has 0 aromatic heterocycles. The molecule has 0 amide bonds.